The molecule has 1 saturated heterocycles. The van der Waals surface area contributed by atoms with Gasteiger partial charge in [0.1, 0.15) is 6.23 Å². The number of aromatic amines is 1. The van der Waals surface area contributed by atoms with Crippen LogP contribution >= 0.6 is 19.6 Å². The second kappa shape index (κ2) is 10.2. The first-order valence-corrected chi connectivity index (χ1v) is 10.8. The maximum absolute atomic E-state index is 12.0. The summed E-state index contributed by atoms with van der Waals surface area (Å²) in [4.78, 5) is 51.0. The fourth-order valence-electron chi connectivity index (χ4n) is 2.56. The van der Waals surface area contributed by atoms with Crippen LogP contribution in [0.25, 0.3) is 10.4 Å². The molecule has 1 aromatic heterocycles. The summed E-state index contributed by atoms with van der Waals surface area (Å²) in [7, 11) is -4.67. The topological polar surface area (TPSA) is 189 Å². The third kappa shape index (κ3) is 6.82. The lowest BCUT2D eigenvalue weighted by atomic mass is 10.1. The Balaban J connectivity index is 2.02. The number of rotatable bonds is 9. The summed E-state index contributed by atoms with van der Waals surface area (Å²) in [6.07, 6.45) is -0.479. The summed E-state index contributed by atoms with van der Waals surface area (Å²) in [5.41, 5.74) is 7.75. The van der Waals surface area contributed by atoms with Crippen LogP contribution in [0.4, 0.5) is 0 Å². The number of ether oxygens (including phenoxy) is 1. The molecule has 1 aromatic rings. The summed E-state index contributed by atoms with van der Waals surface area (Å²) < 4.78 is 28.0. The maximum Gasteiger partial charge on any atom is 0.330 e. The highest BCUT2D eigenvalue weighted by molar-refractivity contribution is 8.13. The molecule has 13 nitrogen and oxygen atoms in total. The molecule has 1 aliphatic heterocycles. The van der Waals surface area contributed by atoms with E-state index in [4.69, 9.17) is 14.8 Å². The number of aromatic nitrogens is 2. The molecule has 4 unspecified atom stereocenters. The van der Waals surface area contributed by atoms with Gasteiger partial charge in [0.25, 0.3) is 13.4 Å². The number of hydrogen-bond acceptors (Lipinski definition) is 10. The van der Waals surface area contributed by atoms with E-state index in [1.165, 1.54) is 20.0 Å². The zero-order valence-electron chi connectivity index (χ0n) is 15.5. The predicted octanol–water partition coefficient (Wildman–Crippen LogP) is 0.593. The second-order valence-electron chi connectivity index (χ2n) is 6.03. The van der Waals surface area contributed by atoms with E-state index in [-0.39, 0.29) is 29.5 Å². The smallest absolute Gasteiger partial charge is 0.330 e. The maximum atomic E-state index is 12.0. The van der Waals surface area contributed by atoms with E-state index in [1.54, 1.807) is 0 Å². The van der Waals surface area contributed by atoms with Crippen LogP contribution in [0.1, 0.15) is 25.1 Å². The number of carbonyl (C=O) groups excluding carboxylic acids is 1. The van der Waals surface area contributed by atoms with E-state index >= 15 is 0 Å². The van der Waals surface area contributed by atoms with Gasteiger partial charge in [0, 0.05) is 35.8 Å². The third-order valence-electron chi connectivity index (χ3n) is 3.90. The summed E-state index contributed by atoms with van der Waals surface area (Å²) >= 11 is 0.907. The van der Waals surface area contributed by atoms with Gasteiger partial charge in [-0.25, -0.2) is 4.79 Å². The van der Waals surface area contributed by atoms with Crippen LogP contribution in [0.3, 0.4) is 0 Å². The third-order valence-corrected chi connectivity index (χ3v) is 5.64. The van der Waals surface area contributed by atoms with Crippen LogP contribution in [0.15, 0.2) is 20.9 Å². The van der Waals surface area contributed by atoms with Gasteiger partial charge in [-0.15, -0.1) is 0 Å². The molecular formula is C14H19N5O8PS-. The Morgan fingerprint density at radius 3 is 2.93 bits per heavy atom. The SMILES string of the molecule is CC(=O)SCCOP(=O)([O-])OCC1OC(n2cc(C)c(=O)[nH]c2=O)CC1N=[N+]=[N-]. The van der Waals surface area contributed by atoms with E-state index in [2.05, 4.69) is 19.5 Å². The average molecular weight is 448 g/mol. The standard InChI is InChI=1S/C14H20N5O8PS/c1-8-6-19(14(22)16-13(8)21)12-5-10(17-18-15)11(27-12)7-26-28(23,24)25-3-4-29-9(2)20/h6,10-12H,3-5,7H2,1-2H3,(H,23,24)(H,16,21,22)/p-1. The molecule has 160 valence electrons. The number of carbonyl (C=O) groups is 1. The molecule has 2 rings (SSSR count). The summed E-state index contributed by atoms with van der Waals surface area (Å²) in [5, 5.41) is 3.39. The van der Waals surface area contributed by atoms with Crippen LogP contribution in [0.2, 0.25) is 0 Å². The average Bonchev–Trinajstić information content (AvgIpc) is 3.03. The van der Waals surface area contributed by atoms with Gasteiger partial charge in [-0.3, -0.25) is 23.7 Å². The second-order valence-corrected chi connectivity index (χ2v) is 8.71. The zero-order valence-corrected chi connectivity index (χ0v) is 17.3. The Kier molecular flexibility index (Phi) is 8.23. The Bertz CT molecular complexity index is 958. The van der Waals surface area contributed by atoms with E-state index in [1.807, 2.05) is 0 Å². The van der Waals surface area contributed by atoms with Gasteiger partial charge in [0.15, 0.2) is 5.12 Å². The number of phosphoric ester groups is 1. The fraction of sp³-hybridized carbons (Fsp3) is 0.643. The number of nitrogens with zero attached hydrogens (tertiary/aromatic N) is 4. The summed E-state index contributed by atoms with van der Waals surface area (Å²) in [6.45, 7) is 2.10. The molecule has 0 bridgehead atoms. The van der Waals surface area contributed by atoms with Crippen molar-refractivity contribution in [1.82, 2.24) is 9.55 Å². The van der Waals surface area contributed by atoms with Crippen molar-refractivity contribution in [3.63, 3.8) is 0 Å². The number of nitrogens with one attached hydrogen (secondary N) is 1. The number of aryl methyl sites for hydroxylation is 1. The predicted molar refractivity (Wildman–Crippen MR) is 100 cm³/mol. The Morgan fingerprint density at radius 1 is 1.55 bits per heavy atom. The highest BCUT2D eigenvalue weighted by atomic mass is 32.2. The number of H-pyrrole nitrogens is 1. The van der Waals surface area contributed by atoms with Crippen LogP contribution in [-0.4, -0.2) is 45.8 Å². The van der Waals surface area contributed by atoms with Crippen molar-refractivity contribution >= 4 is 24.7 Å². The van der Waals surface area contributed by atoms with Crippen molar-refractivity contribution in [2.75, 3.05) is 19.0 Å². The highest BCUT2D eigenvalue weighted by Crippen LogP contribution is 2.40. The molecule has 0 amide bonds. The number of thioether (sulfide) groups is 1. The van der Waals surface area contributed by atoms with Gasteiger partial charge in [0.2, 0.25) is 0 Å². The van der Waals surface area contributed by atoms with Gasteiger partial charge in [0.05, 0.1) is 25.4 Å². The van der Waals surface area contributed by atoms with Gasteiger partial charge < -0.3 is 18.7 Å². The van der Waals surface area contributed by atoms with Crippen molar-refractivity contribution in [2.45, 2.75) is 38.6 Å². The van der Waals surface area contributed by atoms with E-state index in [9.17, 15) is 23.8 Å². The molecule has 1 fully saturated rings. The van der Waals surface area contributed by atoms with Gasteiger partial charge in [-0.05, 0) is 12.5 Å². The Labute approximate surface area is 168 Å². The van der Waals surface area contributed by atoms with Gasteiger partial charge in [-0.1, -0.05) is 16.9 Å². The first kappa shape index (κ1) is 23.4. The lowest BCUT2D eigenvalue weighted by Gasteiger charge is -2.25. The van der Waals surface area contributed by atoms with Gasteiger partial charge in [-0.2, -0.15) is 0 Å². The zero-order chi connectivity index (χ0) is 21.6. The Morgan fingerprint density at radius 2 is 2.28 bits per heavy atom. The van der Waals surface area contributed by atoms with Crippen LogP contribution < -0.4 is 16.1 Å². The molecule has 0 aliphatic carbocycles. The number of hydrogen-bond donors (Lipinski definition) is 1. The molecule has 0 aromatic carbocycles. The van der Waals surface area contributed by atoms with E-state index in [0.717, 1.165) is 16.3 Å². The summed E-state index contributed by atoms with van der Waals surface area (Å²) in [5.74, 6) is 0.142. The molecule has 4 atom stereocenters. The molecule has 2 heterocycles. The first-order valence-electron chi connectivity index (χ1n) is 8.38. The van der Waals surface area contributed by atoms with E-state index in [0.29, 0.717) is 0 Å². The molecule has 1 aliphatic rings. The normalized spacial score (nSPS) is 23.3. The highest BCUT2D eigenvalue weighted by Gasteiger charge is 2.37. The van der Waals surface area contributed by atoms with Crippen LogP contribution in [-0.2, 0) is 23.1 Å². The summed E-state index contributed by atoms with van der Waals surface area (Å²) in [6, 6.07) is -0.808. The lowest BCUT2D eigenvalue weighted by Crippen LogP contribution is -2.33. The van der Waals surface area contributed by atoms with Crippen molar-refractivity contribution in [1.29, 1.82) is 0 Å². The molecular weight excluding hydrogens is 429 g/mol. The van der Waals surface area contributed by atoms with Crippen LogP contribution in [0.5, 0.6) is 0 Å². The van der Waals surface area contributed by atoms with Crippen molar-refractivity contribution in [3.05, 3.63) is 43.0 Å². The molecule has 29 heavy (non-hydrogen) atoms. The minimum absolute atomic E-state index is 0.0722. The minimum Gasteiger partial charge on any atom is -0.756 e. The van der Waals surface area contributed by atoms with Crippen molar-refractivity contribution in [2.24, 2.45) is 5.11 Å². The number of azide groups is 1. The number of phosphoric acid groups is 1. The lowest BCUT2D eigenvalue weighted by molar-refractivity contribution is -0.227. The minimum atomic E-state index is -4.67. The van der Waals surface area contributed by atoms with Gasteiger partial charge >= 0.3 is 5.69 Å². The Hall–Kier alpha value is -1.92. The molecule has 1 N–H and O–H groups in total. The molecule has 0 saturated carbocycles. The van der Waals surface area contributed by atoms with E-state index < -0.39 is 44.1 Å². The monoisotopic (exact) mass is 448 g/mol. The molecule has 15 heteroatoms. The van der Waals surface area contributed by atoms with Crippen LogP contribution in [0, 0.1) is 6.92 Å². The fourth-order valence-corrected chi connectivity index (χ4v) is 3.86. The molecule has 0 spiro atoms. The van der Waals surface area contributed by atoms with Crippen molar-refractivity contribution < 1.29 is 28.0 Å². The largest absolute Gasteiger partial charge is 0.756 e. The first-order chi connectivity index (χ1) is 13.6. The molecule has 0 radical (unpaired) electrons. The quantitative estimate of drug-likeness (QED) is 0.185. The van der Waals surface area contributed by atoms with Crippen molar-refractivity contribution in [3.8, 4) is 0 Å².